The van der Waals surface area contributed by atoms with Gasteiger partial charge in [-0.1, -0.05) is 0 Å². The van der Waals surface area contributed by atoms with Gasteiger partial charge >= 0.3 is 5.97 Å². The molecule has 0 aromatic carbocycles. The van der Waals surface area contributed by atoms with Crippen molar-refractivity contribution in [2.24, 2.45) is 5.73 Å². The van der Waals surface area contributed by atoms with E-state index in [1.807, 2.05) is 5.32 Å². The van der Waals surface area contributed by atoms with Crippen LogP contribution < -0.4 is 21.7 Å². The van der Waals surface area contributed by atoms with Crippen molar-refractivity contribution in [2.45, 2.75) is 25.4 Å². The summed E-state index contributed by atoms with van der Waals surface area (Å²) in [6.45, 7) is -0.0336. The molecule has 0 spiro atoms. The number of nitrogens with two attached hydrogens (primary N) is 1. The summed E-state index contributed by atoms with van der Waals surface area (Å²) >= 11 is 0. The largest absolute Gasteiger partial charge is 0.480 e. The van der Waals surface area contributed by atoms with Gasteiger partial charge < -0.3 is 31.9 Å². The molecular weight excluding hydrogens is 300 g/mol. The van der Waals surface area contributed by atoms with Gasteiger partial charge in [-0.2, -0.15) is 0 Å². The summed E-state index contributed by atoms with van der Waals surface area (Å²) in [5.41, 5.74) is 4.85. The van der Waals surface area contributed by atoms with Crippen LogP contribution in [0.15, 0.2) is 0 Å². The van der Waals surface area contributed by atoms with Crippen LogP contribution in [0.2, 0.25) is 0 Å². The third-order valence-corrected chi connectivity index (χ3v) is 2.35. The second-order valence-electron chi connectivity index (χ2n) is 4.28. The van der Waals surface area contributed by atoms with Gasteiger partial charge in [0.15, 0.2) is 0 Å². The zero-order valence-corrected chi connectivity index (χ0v) is 11.8. The number of primary amides is 1. The Balaban J connectivity index is 4.62. The highest BCUT2D eigenvalue weighted by Gasteiger charge is 2.27. The number of aliphatic hydroxyl groups is 1. The van der Waals surface area contributed by atoms with Crippen molar-refractivity contribution in [2.75, 3.05) is 13.2 Å². The van der Waals surface area contributed by atoms with Gasteiger partial charge in [-0.05, 0) is 0 Å². The van der Waals surface area contributed by atoms with Crippen molar-refractivity contribution in [1.29, 1.82) is 0 Å². The van der Waals surface area contributed by atoms with Gasteiger partial charge in [-0.25, -0.2) is 4.79 Å². The van der Waals surface area contributed by atoms with Crippen LogP contribution in [-0.4, -0.2) is 65.0 Å². The first-order valence-corrected chi connectivity index (χ1v) is 6.13. The molecular formula is C11H18N4O7. The fourth-order valence-corrected chi connectivity index (χ4v) is 1.32. The van der Waals surface area contributed by atoms with Crippen LogP contribution in [0.25, 0.3) is 0 Å². The van der Waals surface area contributed by atoms with Crippen molar-refractivity contribution in [3.8, 4) is 0 Å². The third kappa shape index (κ3) is 7.79. The number of amides is 4. The molecule has 2 atom stereocenters. The molecule has 22 heavy (non-hydrogen) atoms. The fourth-order valence-electron chi connectivity index (χ4n) is 1.32. The number of carbonyl (C=O) groups excluding carboxylic acids is 4. The normalized spacial score (nSPS) is 12.6. The Morgan fingerprint density at radius 2 is 1.68 bits per heavy atom. The van der Waals surface area contributed by atoms with Gasteiger partial charge in [-0.3, -0.25) is 19.2 Å². The predicted molar refractivity (Wildman–Crippen MR) is 71.1 cm³/mol. The van der Waals surface area contributed by atoms with Gasteiger partial charge in [0, 0.05) is 6.92 Å². The molecule has 4 amide bonds. The van der Waals surface area contributed by atoms with E-state index in [2.05, 4.69) is 10.6 Å². The lowest BCUT2D eigenvalue weighted by molar-refractivity contribution is -0.144. The minimum Gasteiger partial charge on any atom is -0.480 e. The molecule has 0 saturated carbocycles. The summed E-state index contributed by atoms with van der Waals surface area (Å²) in [4.78, 5) is 55.4. The lowest BCUT2D eigenvalue weighted by Gasteiger charge is -2.19. The summed E-state index contributed by atoms with van der Waals surface area (Å²) in [6.07, 6.45) is -0.640. The molecule has 0 aromatic heterocycles. The maximum atomic E-state index is 11.8. The van der Waals surface area contributed by atoms with E-state index in [4.69, 9.17) is 15.9 Å². The monoisotopic (exact) mass is 318 g/mol. The van der Waals surface area contributed by atoms with Gasteiger partial charge in [0.05, 0.1) is 19.6 Å². The molecule has 0 aromatic rings. The fraction of sp³-hybridized carbons (Fsp3) is 0.545. The molecule has 0 rings (SSSR count). The minimum atomic E-state index is -1.58. The van der Waals surface area contributed by atoms with E-state index < -0.39 is 61.3 Å². The van der Waals surface area contributed by atoms with Crippen molar-refractivity contribution >= 4 is 29.6 Å². The minimum absolute atomic E-state index is 0.414. The zero-order valence-electron chi connectivity index (χ0n) is 11.8. The van der Waals surface area contributed by atoms with Crippen LogP contribution in [0, 0.1) is 0 Å². The Bertz CT molecular complexity index is 465. The summed E-state index contributed by atoms with van der Waals surface area (Å²) in [6, 6.07) is -3.01. The third-order valence-electron chi connectivity index (χ3n) is 2.35. The molecule has 7 N–H and O–H groups in total. The second kappa shape index (κ2) is 9.28. The molecule has 0 aliphatic heterocycles. The van der Waals surface area contributed by atoms with E-state index in [9.17, 15) is 24.0 Å². The number of hydrogen-bond donors (Lipinski definition) is 6. The van der Waals surface area contributed by atoms with Crippen molar-refractivity contribution in [3.63, 3.8) is 0 Å². The highest BCUT2D eigenvalue weighted by molar-refractivity contribution is 5.93. The molecule has 0 heterocycles. The number of carbonyl (C=O) groups is 5. The first-order chi connectivity index (χ1) is 10.2. The summed E-state index contributed by atoms with van der Waals surface area (Å²) < 4.78 is 0. The Morgan fingerprint density at radius 1 is 1.09 bits per heavy atom. The number of carboxylic acids is 1. The molecule has 0 radical (unpaired) electrons. The van der Waals surface area contributed by atoms with Gasteiger partial charge in [-0.15, -0.1) is 0 Å². The quantitative estimate of drug-likeness (QED) is 0.250. The van der Waals surface area contributed by atoms with Gasteiger partial charge in [0.1, 0.15) is 12.1 Å². The SMILES string of the molecule is CC(=O)NCC(=O)N[C@@H](CO)C(=O)N[C@@H](CC(N)=O)C(=O)O. The maximum absolute atomic E-state index is 11.8. The first kappa shape index (κ1) is 19.3. The lowest BCUT2D eigenvalue weighted by Crippen LogP contribution is -2.55. The van der Waals surface area contributed by atoms with Crippen molar-refractivity contribution in [3.05, 3.63) is 0 Å². The molecule has 0 fully saturated rings. The summed E-state index contributed by atoms with van der Waals surface area (Å²) in [5, 5.41) is 24.1. The number of aliphatic carboxylic acids is 1. The van der Waals surface area contributed by atoms with Crippen LogP contribution in [0.3, 0.4) is 0 Å². The number of hydrogen-bond acceptors (Lipinski definition) is 6. The van der Waals surface area contributed by atoms with E-state index in [1.165, 1.54) is 6.92 Å². The van der Waals surface area contributed by atoms with Crippen LogP contribution in [0.5, 0.6) is 0 Å². The van der Waals surface area contributed by atoms with Crippen LogP contribution in [0.4, 0.5) is 0 Å². The smallest absolute Gasteiger partial charge is 0.326 e. The lowest BCUT2D eigenvalue weighted by atomic mass is 10.1. The average Bonchev–Trinajstić information content (AvgIpc) is 2.40. The van der Waals surface area contributed by atoms with E-state index in [0.29, 0.717) is 0 Å². The molecule has 0 bridgehead atoms. The van der Waals surface area contributed by atoms with Crippen molar-refractivity contribution < 1.29 is 34.2 Å². The van der Waals surface area contributed by atoms with Crippen LogP contribution in [0.1, 0.15) is 13.3 Å². The van der Waals surface area contributed by atoms with E-state index in [1.54, 1.807) is 0 Å². The van der Waals surface area contributed by atoms with E-state index in [-0.39, 0.29) is 0 Å². The molecule has 0 unspecified atom stereocenters. The second-order valence-corrected chi connectivity index (χ2v) is 4.28. The molecule has 0 saturated heterocycles. The average molecular weight is 318 g/mol. The highest BCUT2D eigenvalue weighted by atomic mass is 16.4. The first-order valence-electron chi connectivity index (χ1n) is 6.13. The molecule has 11 nitrogen and oxygen atoms in total. The zero-order chi connectivity index (χ0) is 17.3. The standard InChI is InChI=1S/C11H18N4O7/c1-5(17)13-3-9(19)14-7(4-16)10(20)15-6(11(21)22)2-8(12)18/h6-7,16H,2-4H2,1H3,(H2,12,18)(H,13,17)(H,14,19)(H,15,20)(H,21,22)/t6-,7-/m0/s1. The van der Waals surface area contributed by atoms with Gasteiger partial charge in [0.2, 0.25) is 23.6 Å². The maximum Gasteiger partial charge on any atom is 0.326 e. The van der Waals surface area contributed by atoms with Crippen LogP contribution in [-0.2, 0) is 24.0 Å². The number of rotatable bonds is 9. The summed E-state index contributed by atoms with van der Waals surface area (Å²) in [7, 11) is 0. The van der Waals surface area contributed by atoms with E-state index >= 15 is 0 Å². The highest BCUT2D eigenvalue weighted by Crippen LogP contribution is 1.94. The Morgan fingerprint density at radius 3 is 2.09 bits per heavy atom. The summed E-state index contributed by atoms with van der Waals surface area (Å²) in [5.74, 6) is -4.66. The number of nitrogens with one attached hydrogen (secondary N) is 3. The number of aliphatic hydroxyl groups excluding tert-OH is 1. The Hall–Kier alpha value is -2.69. The Kier molecular flexibility index (Phi) is 8.15. The number of carboxylic acid groups (broad SMARTS) is 1. The van der Waals surface area contributed by atoms with E-state index in [0.717, 1.165) is 0 Å². The molecule has 0 aliphatic rings. The predicted octanol–water partition coefficient (Wildman–Crippen LogP) is -3.96. The molecule has 0 aliphatic carbocycles. The molecule has 124 valence electrons. The van der Waals surface area contributed by atoms with Gasteiger partial charge in [0.25, 0.3) is 0 Å². The molecule has 11 heteroatoms. The van der Waals surface area contributed by atoms with Crippen LogP contribution >= 0.6 is 0 Å². The topological polar surface area (TPSA) is 188 Å². The Labute approximate surface area is 125 Å². The van der Waals surface area contributed by atoms with Crippen molar-refractivity contribution in [1.82, 2.24) is 16.0 Å².